The minimum atomic E-state index is -3.49. The Kier molecular flexibility index (Phi) is 6.11. The Balaban J connectivity index is 1.16. The Labute approximate surface area is 316 Å². The maximum absolute atomic E-state index is 16.6. The van der Waals surface area contributed by atoms with Crippen LogP contribution in [0.15, 0.2) is 173 Å². The minimum Gasteiger partial charge on any atom is -0.456 e. The summed E-state index contributed by atoms with van der Waals surface area (Å²) in [5, 5.41) is 13.3. The summed E-state index contributed by atoms with van der Waals surface area (Å²) in [6, 6.07) is 57.1. The van der Waals surface area contributed by atoms with E-state index < -0.39 is 7.14 Å². The normalized spacial score (nSPS) is 13.9. The summed E-state index contributed by atoms with van der Waals surface area (Å²) in [6.07, 6.45) is 0. The first kappa shape index (κ1) is 31.0. The van der Waals surface area contributed by atoms with Gasteiger partial charge in [-0.05, 0) is 121 Å². The summed E-state index contributed by atoms with van der Waals surface area (Å²) in [5.74, 6) is 0. The van der Waals surface area contributed by atoms with Crippen molar-refractivity contribution in [2.75, 3.05) is 0 Å². The van der Waals surface area contributed by atoms with Crippen LogP contribution in [0.3, 0.4) is 0 Å². The largest absolute Gasteiger partial charge is 0.456 e. The highest BCUT2D eigenvalue weighted by molar-refractivity contribution is 7.85. The highest BCUT2D eigenvalue weighted by atomic mass is 31.2. The second-order valence-corrected chi connectivity index (χ2v) is 18.3. The highest BCUT2D eigenvalue weighted by Crippen LogP contribution is 2.52. The second-order valence-electron chi connectivity index (χ2n) is 15.6. The van der Waals surface area contributed by atoms with Crippen molar-refractivity contribution >= 4 is 99.2 Å². The van der Waals surface area contributed by atoms with E-state index in [0.29, 0.717) is 0 Å². The van der Waals surface area contributed by atoms with Gasteiger partial charge in [0.25, 0.3) is 0 Å². The molecule has 1 aliphatic rings. The third kappa shape index (κ3) is 4.14. The van der Waals surface area contributed by atoms with Gasteiger partial charge in [-0.25, -0.2) is 0 Å². The number of furan rings is 2. The molecular formula is C51H33O3P. The molecule has 0 saturated carbocycles. The molecule has 0 saturated heterocycles. The quantitative estimate of drug-likeness (QED) is 0.135. The molecule has 4 heteroatoms. The zero-order valence-corrected chi connectivity index (χ0v) is 31.2. The van der Waals surface area contributed by atoms with Crippen molar-refractivity contribution in [1.82, 2.24) is 0 Å². The van der Waals surface area contributed by atoms with Crippen molar-refractivity contribution in [3.05, 3.63) is 175 Å². The Hall–Kier alpha value is -6.41. The molecule has 2 heterocycles. The van der Waals surface area contributed by atoms with Crippen LogP contribution in [0.2, 0.25) is 0 Å². The molecule has 0 atom stereocenters. The first-order valence-electron chi connectivity index (χ1n) is 18.8. The van der Waals surface area contributed by atoms with E-state index in [0.717, 1.165) is 75.9 Å². The first-order valence-corrected chi connectivity index (χ1v) is 20.6. The van der Waals surface area contributed by atoms with Crippen molar-refractivity contribution in [2.45, 2.75) is 19.3 Å². The van der Waals surface area contributed by atoms with Gasteiger partial charge in [-0.3, -0.25) is 0 Å². The summed E-state index contributed by atoms with van der Waals surface area (Å²) in [6.45, 7) is 4.67. The van der Waals surface area contributed by atoms with E-state index in [-0.39, 0.29) is 5.41 Å². The fourth-order valence-corrected chi connectivity index (χ4v) is 12.3. The molecule has 0 aliphatic heterocycles. The number of rotatable bonds is 3. The fourth-order valence-electron chi connectivity index (χ4n) is 9.60. The number of para-hydroxylation sites is 2. The van der Waals surface area contributed by atoms with Crippen molar-refractivity contribution in [3.63, 3.8) is 0 Å². The standard InChI is InChI=1S/C51H33O3P/c1-51(2)45-16-8-5-13-36(45)42-28-40-34-12-4-3-11-33(34)39-25-30(19-22-35(39)41(40)29-46(42)51)55(52,31-20-23-49-43(26-31)37-14-6-9-17-47(37)53-49)32-21-24-50-44(27-32)38-15-7-10-18-48(38)54-50/h3-29H,1-2H3. The number of hydrogen-bond acceptors (Lipinski definition) is 3. The lowest BCUT2D eigenvalue weighted by molar-refractivity contribution is 0.592. The Morgan fingerprint density at radius 3 is 1.42 bits per heavy atom. The van der Waals surface area contributed by atoms with Crippen LogP contribution in [0.5, 0.6) is 0 Å². The summed E-state index contributed by atoms with van der Waals surface area (Å²) < 4.78 is 29.0. The monoisotopic (exact) mass is 724 g/mol. The molecule has 0 amide bonds. The third-order valence-corrected chi connectivity index (χ3v) is 15.3. The van der Waals surface area contributed by atoms with E-state index in [1.165, 1.54) is 38.4 Å². The molecule has 0 spiro atoms. The van der Waals surface area contributed by atoms with Gasteiger partial charge in [-0.1, -0.05) is 111 Å². The molecule has 2 aromatic heterocycles. The van der Waals surface area contributed by atoms with Crippen LogP contribution >= 0.6 is 7.14 Å². The SMILES string of the molecule is CC1(C)c2ccccc2-c2cc3c4ccccc4c4cc(P(=O)(c5ccc6oc7ccccc7c6c5)c5ccc6oc7ccccc7c6c5)ccc4c3cc21. The van der Waals surface area contributed by atoms with E-state index in [2.05, 4.69) is 117 Å². The van der Waals surface area contributed by atoms with Crippen molar-refractivity contribution < 1.29 is 13.4 Å². The van der Waals surface area contributed by atoms with E-state index in [1.54, 1.807) is 0 Å². The third-order valence-electron chi connectivity index (χ3n) is 12.3. The molecule has 0 bridgehead atoms. The number of hydrogen-bond donors (Lipinski definition) is 0. The molecule has 9 aromatic carbocycles. The van der Waals surface area contributed by atoms with Gasteiger partial charge in [-0.2, -0.15) is 0 Å². The Morgan fingerprint density at radius 1 is 0.364 bits per heavy atom. The molecule has 1 aliphatic carbocycles. The molecular weight excluding hydrogens is 692 g/mol. The summed E-state index contributed by atoms with van der Waals surface area (Å²) in [7, 11) is -3.49. The smallest absolute Gasteiger partial charge is 0.171 e. The molecule has 0 N–H and O–H groups in total. The molecule has 11 aromatic rings. The van der Waals surface area contributed by atoms with Crippen LogP contribution in [-0.4, -0.2) is 0 Å². The molecule has 0 fully saturated rings. The molecule has 55 heavy (non-hydrogen) atoms. The molecule has 260 valence electrons. The van der Waals surface area contributed by atoms with E-state index in [4.69, 9.17) is 8.83 Å². The number of benzene rings is 9. The van der Waals surface area contributed by atoms with E-state index in [1.807, 2.05) is 60.7 Å². The van der Waals surface area contributed by atoms with Crippen molar-refractivity contribution in [1.29, 1.82) is 0 Å². The lowest BCUT2D eigenvalue weighted by Gasteiger charge is -2.23. The van der Waals surface area contributed by atoms with Gasteiger partial charge in [0, 0.05) is 42.9 Å². The molecule has 3 nitrogen and oxygen atoms in total. The second kappa shape index (κ2) is 10.8. The lowest BCUT2D eigenvalue weighted by Crippen LogP contribution is -2.25. The minimum absolute atomic E-state index is 0.125. The summed E-state index contributed by atoms with van der Waals surface area (Å²) >= 11 is 0. The summed E-state index contributed by atoms with van der Waals surface area (Å²) in [5.41, 5.74) is 8.39. The Morgan fingerprint density at radius 2 is 0.800 bits per heavy atom. The van der Waals surface area contributed by atoms with Gasteiger partial charge in [0.05, 0.1) is 0 Å². The van der Waals surface area contributed by atoms with E-state index in [9.17, 15) is 0 Å². The average molecular weight is 725 g/mol. The van der Waals surface area contributed by atoms with Gasteiger partial charge in [0.15, 0.2) is 7.14 Å². The van der Waals surface area contributed by atoms with Crippen LogP contribution in [0, 0.1) is 0 Å². The molecule has 12 rings (SSSR count). The topological polar surface area (TPSA) is 43.4 Å². The predicted molar refractivity (Wildman–Crippen MR) is 230 cm³/mol. The fraction of sp³-hybridized carbons (Fsp3) is 0.0588. The molecule has 0 unspecified atom stereocenters. The predicted octanol–water partition coefficient (Wildman–Crippen LogP) is 12.9. The van der Waals surface area contributed by atoms with Gasteiger partial charge >= 0.3 is 0 Å². The highest BCUT2D eigenvalue weighted by Gasteiger charge is 2.36. The summed E-state index contributed by atoms with van der Waals surface area (Å²) in [4.78, 5) is 0. The maximum Gasteiger partial charge on any atom is 0.171 e. The van der Waals surface area contributed by atoms with E-state index >= 15 is 4.57 Å². The van der Waals surface area contributed by atoms with Crippen LogP contribution in [0.4, 0.5) is 0 Å². The van der Waals surface area contributed by atoms with Gasteiger partial charge in [-0.15, -0.1) is 0 Å². The van der Waals surface area contributed by atoms with Crippen LogP contribution in [0.1, 0.15) is 25.0 Å². The van der Waals surface area contributed by atoms with Crippen LogP contribution in [-0.2, 0) is 9.98 Å². The van der Waals surface area contributed by atoms with Gasteiger partial charge < -0.3 is 13.4 Å². The van der Waals surface area contributed by atoms with Crippen molar-refractivity contribution in [2.24, 2.45) is 0 Å². The lowest BCUT2D eigenvalue weighted by atomic mass is 9.81. The average Bonchev–Trinajstić information content (AvgIpc) is 3.87. The van der Waals surface area contributed by atoms with Crippen molar-refractivity contribution in [3.8, 4) is 11.1 Å². The number of fused-ring (bicyclic) bond motifs is 15. The maximum atomic E-state index is 16.6. The van der Waals surface area contributed by atoms with Gasteiger partial charge in [0.1, 0.15) is 22.3 Å². The van der Waals surface area contributed by atoms with Crippen LogP contribution < -0.4 is 15.9 Å². The zero-order valence-electron chi connectivity index (χ0n) is 30.3. The zero-order chi connectivity index (χ0) is 36.6. The van der Waals surface area contributed by atoms with Crippen LogP contribution in [0.25, 0.3) is 87.3 Å². The van der Waals surface area contributed by atoms with Gasteiger partial charge in [0.2, 0.25) is 0 Å². The molecule has 0 radical (unpaired) electrons. The Bertz CT molecular complexity index is 3390. The first-order chi connectivity index (χ1) is 26.9.